The molecule has 0 bridgehead atoms. The van der Waals surface area contributed by atoms with E-state index in [9.17, 15) is 18.4 Å². The third kappa shape index (κ3) is 4.10. The fourth-order valence-electron chi connectivity index (χ4n) is 3.75. The normalized spacial score (nSPS) is 23.7. The smallest absolute Gasteiger partial charge is 0.345 e. The highest BCUT2D eigenvalue weighted by Crippen LogP contribution is 2.36. The van der Waals surface area contributed by atoms with E-state index in [0.29, 0.717) is 25.9 Å². The molecule has 2 heterocycles. The minimum atomic E-state index is -2.62. The number of hydrogen-bond acceptors (Lipinski definition) is 3. The number of nitrogens with one attached hydrogen (secondary N) is 1. The average molecular weight is 356 g/mol. The Morgan fingerprint density at radius 2 is 2.00 bits per heavy atom. The van der Waals surface area contributed by atoms with Crippen molar-refractivity contribution in [2.45, 2.75) is 83.3 Å². The van der Waals surface area contributed by atoms with Crippen LogP contribution in [-0.2, 0) is 24.3 Å². The number of hydrogen-bond donors (Lipinski definition) is 1. The van der Waals surface area contributed by atoms with E-state index in [1.165, 1.54) is 4.68 Å². The van der Waals surface area contributed by atoms with E-state index < -0.39 is 5.92 Å². The van der Waals surface area contributed by atoms with Crippen LogP contribution in [0.25, 0.3) is 0 Å². The van der Waals surface area contributed by atoms with Crippen molar-refractivity contribution < 1.29 is 13.6 Å². The number of rotatable bonds is 4. The van der Waals surface area contributed by atoms with Gasteiger partial charge in [-0.05, 0) is 32.1 Å². The van der Waals surface area contributed by atoms with Crippen LogP contribution in [0.4, 0.5) is 8.78 Å². The van der Waals surface area contributed by atoms with Gasteiger partial charge < -0.3 is 5.32 Å². The summed E-state index contributed by atoms with van der Waals surface area (Å²) in [6, 6.07) is -0.0318. The standard InChI is InChI=1S/C17H26F2N4O2/c1-2-10-23-16(25)22-11-7-13(3-4-14(22)21-23)20-15(24)12-5-8-17(18,19)9-6-12/h12-13H,2-11H2,1H3,(H,20,24). The molecule has 6 nitrogen and oxygen atoms in total. The van der Waals surface area contributed by atoms with Gasteiger partial charge in [0, 0.05) is 44.3 Å². The largest absolute Gasteiger partial charge is 0.353 e. The van der Waals surface area contributed by atoms with Crippen LogP contribution in [0.15, 0.2) is 4.79 Å². The van der Waals surface area contributed by atoms with Crippen LogP contribution in [0.3, 0.4) is 0 Å². The van der Waals surface area contributed by atoms with Gasteiger partial charge in [-0.3, -0.25) is 9.36 Å². The molecule has 1 aromatic rings. The van der Waals surface area contributed by atoms with E-state index >= 15 is 0 Å². The Bertz CT molecular complexity index is 673. The van der Waals surface area contributed by atoms with E-state index in [1.54, 1.807) is 4.57 Å². The summed E-state index contributed by atoms with van der Waals surface area (Å²) in [5.41, 5.74) is -0.0849. The van der Waals surface area contributed by atoms with Crippen LogP contribution in [0.5, 0.6) is 0 Å². The maximum absolute atomic E-state index is 13.2. The number of alkyl halides is 2. The molecule has 1 unspecified atom stereocenters. The average Bonchev–Trinajstić information content (AvgIpc) is 2.73. The quantitative estimate of drug-likeness (QED) is 0.898. The zero-order valence-corrected chi connectivity index (χ0v) is 14.6. The number of fused-ring (bicyclic) bond motifs is 1. The Balaban J connectivity index is 1.56. The molecule has 8 heteroatoms. The van der Waals surface area contributed by atoms with Crippen molar-refractivity contribution in [3.63, 3.8) is 0 Å². The lowest BCUT2D eigenvalue weighted by atomic mass is 9.86. The van der Waals surface area contributed by atoms with Gasteiger partial charge in [0.2, 0.25) is 11.8 Å². The van der Waals surface area contributed by atoms with Gasteiger partial charge in [-0.1, -0.05) is 6.92 Å². The second-order valence-corrected chi connectivity index (χ2v) is 7.24. The summed E-state index contributed by atoms with van der Waals surface area (Å²) in [5.74, 6) is -2.29. The highest BCUT2D eigenvalue weighted by Gasteiger charge is 2.37. The van der Waals surface area contributed by atoms with Gasteiger partial charge in [0.1, 0.15) is 5.82 Å². The summed E-state index contributed by atoms with van der Waals surface area (Å²) in [7, 11) is 0. The highest BCUT2D eigenvalue weighted by atomic mass is 19.3. The maximum atomic E-state index is 13.2. The fourth-order valence-corrected chi connectivity index (χ4v) is 3.75. The monoisotopic (exact) mass is 356 g/mol. The van der Waals surface area contributed by atoms with E-state index in [-0.39, 0.29) is 49.2 Å². The summed E-state index contributed by atoms with van der Waals surface area (Å²) in [4.78, 5) is 24.7. The first-order valence-electron chi connectivity index (χ1n) is 9.24. The van der Waals surface area contributed by atoms with Crippen molar-refractivity contribution in [2.75, 3.05) is 0 Å². The summed E-state index contributed by atoms with van der Waals surface area (Å²) in [6.45, 7) is 3.15. The number of halogens is 2. The lowest BCUT2D eigenvalue weighted by Gasteiger charge is -2.28. The molecule has 25 heavy (non-hydrogen) atoms. The molecule has 1 saturated carbocycles. The third-order valence-electron chi connectivity index (χ3n) is 5.29. The number of carbonyl (C=O) groups excluding carboxylic acids is 1. The number of aromatic nitrogens is 3. The van der Waals surface area contributed by atoms with Gasteiger partial charge in [0.25, 0.3) is 0 Å². The van der Waals surface area contributed by atoms with Gasteiger partial charge in [-0.15, -0.1) is 0 Å². The van der Waals surface area contributed by atoms with Crippen molar-refractivity contribution in [2.24, 2.45) is 5.92 Å². The zero-order valence-electron chi connectivity index (χ0n) is 14.6. The molecule has 0 aromatic carbocycles. The second kappa shape index (κ2) is 7.25. The zero-order chi connectivity index (χ0) is 18.0. The topological polar surface area (TPSA) is 68.9 Å². The Morgan fingerprint density at radius 3 is 2.68 bits per heavy atom. The minimum absolute atomic E-state index is 0.0318. The molecule has 1 aliphatic carbocycles. The number of carbonyl (C=O) groups is 1. The van der Waals surface area contributed by atoms with Crippen molar-refractivity contribution in [3.05, 3.63) is 16.3 Å². The lowest BCUT2D eigenvalue weighted by molar-refractivity contribution is -0.129. The molecule has 1 aromatic heterocycles. The molecular weight excluding hydrogens is 330 g/mol. The summed E-state index contributed by atoms with van der Waals surface area (Å²) in [6.07, 6.45) is 2.96. The first-order valence-corrected chi connectivity index (χ1v) is 9.24. The fraction of sp³-hybridized carbons (Fsp3) is 0.824. The van der Waals surface area contributed by atoms with Crippen molar-refractivity contribution in [1.29, 1.82) is 0 Å². The first-order chi connectivity index (χ1) is 11.9. The molecule has 0 spiro atoms. The van der Waals surface area contributed by atoms with Crippen LogP contribution in [-0.4, -0.2) is 32.2 Å². The number of amides is 1. The Hall–Kier alpha value is -1.73. The molecule has 3 rings (SSSR count). The SMILES string of the molecule is CCCn1nc2n(c1=O)CCC(NC(=O)C1CCC(F)(F)CC1)CC2. The molecule has 1 fully saturated rings. The number of nitrogens with zero attached hydrogens (tertiary/aromatic N) is 3. The van der Waals surface area contributed by atoms with Gasteiger partial charge >= 0.3 is 5.69 Å². The molecular formula is C17H26F2N4O2. The molecule has 1 amide bonds. The van der Waals surface area contributed by atoms with Crippen LogP contribution in [0.1, 0.15) is 57.7 Å². The predicted molar refractivity (Wildman–Crippen MR) is 88.6 cm³/mol. The third-order valence-corrected chi connectivity index (χ3v) is 5.29. The summed E-state index contributed by atoms with van der Waals surface area (Å²) < 4.78 is 29.7. The Morgan fingerprint density at radius 1 is 1.28 bits per heavy atom. The highest BCUT2D eigenvalue weighted by molar-refractivity contribution is 5.79. The number of aryl methyl sites for hydroxylation is 2. The molecule has 1 aliphatic heterocycles. The maximum Gasteiger partial charge on any atom is 0.345 e. The molecule has 2 aliphatic rings. The Labute approximate surface area is 145 Å². The van der Waals surface area contributed by atoms with Gasteiger partial charge in [0.05, 0.1) is 0 Å². The molecule has 1 atom stereocenters. The van der Waals surface area contributed by atoms with Crippen molar-refractivity contribution >= 4 is 5.91 Å². The molecule has 140 valence electrons. The van der Waals surface area contributed by atoms with Crippen molar-refractivity contribution in [3.8, 4) is 0 Å². The minimum Gasteiger partial charge on any atom is -0.353 e. The predicted octanol–water partition coefficient (Wildman–Crippen LogP) is 2.10. The summed E-state index contributed by atoms with van der Waals surface area (Å²) >= 11 is 0. The lowest BCUT2D eigenvalue weighted by Crippen LogP contribution is -2.41. The van der Waals surface area contributed by atoms with E-state index in [1.807, 2.05) is 6.92 Å². The van der Waals surface area contributed by atoms with Gasteiger partial charge in [0.15, 0.2) is 0 Å². The van der Waals surface area contributed by atoms with E-state index in [0.717, 1.165) is 18.7 Å². The van der Waals surface area contributed by atoms with Crippen LogP contribution in [0, 0.1) is 5.92 Å². The van der Waals surface area contributed by atoms with Crippen LogP contribution in [0.2, 0.25) is 0 Å². The van der Waals surface area contributed by atoms with Gasteiger partial charge in [-0.25, -0.2) is 18.3 Å². The first kappa shape index (κ1) is 18.1. The summed E-state index contributed by atoms with van der Waals surface area (Å²) in [5, 5.41) is 7.40. The molecule has 0 saturated heterocycles. The van der Waals surface area contributed by atoms with Crippen LogP contribution >= 0.6 is 0 Å². The van der Waals surface area contributed by atoms with Crippen LogP contribution < -0.4 is 11.0 Å². The van der Waals surface area contributed by atoms with E-state index in [2.05, 4.69) is 10.4 Å². The molecule has 1 N–H and O–H groups in total. The van der Waals surface area contributed by atoms with Gasteiger partial charge in [-0.2, -0.15) is 5.10 Å². The second-order valence-electron chi connectivity index (χ2n) is 7.24. The van der Waals surface area contributed by atoms with E-state index in [4.69, 9.17) is 0 Å². The molecule has 0 radical (unpaired) electrons. The van der Waals surface area contributed by atoms with Crippen molar-refractivity contribution in [1.82, 2.24) is 19.7 Å². The Kier molecular flexibility index (Phi) is 5.24.